The highest BCUT2D eigenvalue weighted by Crippen LogP contribution is 2.52. The van der Waals surface area contributed by atoms with Crippen LogP contribution in [0, 0.1) is 18.3 Å². The van der Waals surface area contributed by atoms with E-state index >= 15 is 0 Å². The summed E-state index contributed by atoms with van der Waals surface area (Å²) in [6.07, 6.45) is 0. The quantitative estimate of drug-likeness (QED) is 0.579. The normalized spacial score (nSPS) is 21.9. The van der Waals surface area contributed by atoms with Crippen LogP contribution in [0.4, 0.5) is 11.5 Å². The molecule has 0 fully saturated rings. The molecule has 0 saturated carbocycles. The molecule has 1 unspecified atom stereocenters. The summed E-state index contributed by atoms with van der Waals surface area (Å²) in [5, 5.41) is 22.4. The van der Waals surface area contributed by atoms with Gasteiger partial charge >= 0.3 is 0 Å². The third-order valence-corrected chi connectivity index (χ3v) is 4.25. The lowest BCUT2D eigenvalue weighted by molar-refractivity contribution is -0.118. The van der Waals surface area contributed by atoms with Crippen LogP contribution in [0.1, 0.15) is 16.8 Å². The Bertz CT molecular complexity index is 903. The summed E-state index contributed by atoms with van der Waals surface area (Å²) < 4.78 is 0. The zero-order valence-electron chi connectivity index (χ0n) is 11.7. The number of aromatic nitrogens is 2. The number of para-hydroxylation sites is 1. The molecule has 0 aliphatic carbocycles. The van der Waals surface area contributed by atoms with Crippen molar-refractivity contribution in [2.75, 3.05) is 10.6 Å². The summed E-state index contributed by atoms with van der Waals surface area (Å²) in [4.78, 5) is 12.9. The maximum Gasteiger partial charge on any atom is 0.245 e. The lowest BCUT2D eigenvalue weighted by Crippen LogP contribution is -2.43. The van der Waals surface area contributed by atoms with Crippen molar-refractivity contribution in [3.63, 3.8) is 0 Å². The first-order valence-electron chi connectivity index (χ1n) is 6.74. The predicted octanol–water partition coefficient (Wildman–Crippen LogP) is 1.08. The zero-order chi connectivity index (χ0) is 15.5. The summed E-state index contributed by atoms with van der Waals surface area (Å²) in [6.45, 7) is 1.82. The van der Waals surface area contributed by atoms with Gasteiger partial charge in [-0.3, -0.25) is 9.89 Å². The molecule has 108 valence electrons. The molecular weight excluding hydrogens is 280 g/mol. The molecule has 4 rings (SSSR count). The molecule has 0 saturated heterocycles. The van der Waals surface area contributed by atoms with Gasteiger partial charge in [0.2, 0.25) is 5.91 Å². The van der Waals surface area contributed by atoms with E-state index in [0.717, 1.165) is 5.69 Å². The van der Waals surface area contributed by atoms with Crippen LogP contribution in [-0.2, 0) is 10.2 Å². The number of nitriles is 1. The standard InChI is InChI=1S/C15H12N6O/c1-7-11-13(21-20-7)19-12(17)9(6-16)15(11)8-4-2-3-5-10(8)18-14(15)22/h2-5H,17H2,1H3,(H,18,22)(H2,19,20,21). The number of benzene rings is 1. The number of carbonyl (C=O) groups excluding carboxylic acids is 1. The Kier molecular flexibility index (Phi) is 2.20. The largest absolute Gasteiger partial charge is 0.384 e. The fraction of sp³-hybridized carbons (Fsp3) is 0.133. The van der Waals surface area contributed by atoms with E-state index in [1.165, 1.54) is 0 Å². The Morgan fingerprint density at radius 2 is 2.09 bits per heavy atom. The maximum atomic E-state index is 12.9. The van der Waals surface area contributed by atoms with Crippen LogP contribution < -0.4 is 16.4 Å². The molecule has 0 bridgehead atoms. The minimum atomic E-state index is -1.26. The Hall–Kier alpha value is -3.27. The monoisotopic (exact) mass is 292 g/mol. The van der Waals surface area contributed by atoms with Crippen molar-refractivity contribution < 1.29 is 4.79 Å². The number of nitrogens with two attached hydrogens (primary N) is 1. The molecule has 5 N–H and O–H groups in total. The molecule has 1 spiro atoms. The Balaban J connectivity index is 2.18. The smallest absolute Gasteiger partial charge is 0.245 e. The van der Waals surface area contributed by atoms with Crippen LogP contribution >= 0.6 is 0 Å². The van der Waals surface area contributed by atoms with Crippen molar-refractivity contribution in [1.82, 2.24) is 10.2 Å². The van der Waals surface area contributed by atoms with E-state index in [1.54, 1.807) is 0 Å². The van der Waals surface area contributed by atoms with Crippen molar-refractivity contribution in [3.8, 4) is 6.07 Å². The van der Waals surface area contributed by atoms with Crippen LogP contribution in [0.15, 0.2) is 35.7 Å². The average molecular weight is 292 g/mol. The van der Waals surface area contributed by atoms with Gasteiger partial charge in [0.05, 0.1) is 5.57 Å². The van der Waals surface area contributed by atoms with Crippen molar-refractivity contribution in [2.24, 2.45) is 5.73 Å². The minimum Gasteiger partial charge on any atom is -0.384 e. The number of hydrogen-bond acceptors (Lipinski definition) is 5. The summed E-state index contributed by atoms with van der Waals surface area (Å²) in [5.74, 6) is 0.328. The summed E-state index contributed by atoms with van der Waals surface area (Å²) >= 11 is 0. The van der Waals surface area contributed by atoms with Gasteiger partial charge in [-0.25, -0.2) is 0 Å². The van der Waals surface area contributed by atoms with E-state index in [0.29, 0.717) is 22.6 Å². The molecule has 1 aromatic heterocycles. The van der Waals surface area contributed by atoms with Crippen molar-refractivity contribution in [3.05, 3.63) is 52.5 Å². The molecular formula is C15H12N6O. The van der Waals surface area contributed by atoms with Crippen LogP contribution in [0.25, 0.3) is 0 Å². The molecule has 1 aromatic carbocycles. The van der Waals surface area contributed by atoms with Gasteiger partial charge in [0.25, 0.3) is 0 Å². The van der Waals surface area contributed by atoms with Gasteiger partial charge in [-0.1, -0.05) is 18.2 Å². The van der Waals surface area contributed by atoms with E-state index in [2.05, 4.69) is 26.9 Å². The number of hydrogen-bond donors (Lipinski definition) is 4. The first-order chi connectivity index (χ1) is 10.6. The number of carbonyl (C=O) groups is 1. The van der Waals surface area contributed by atoms with Crippen LogP contribution in [-0.4, -0.2) is 16.1 Å². The van der Waals surface area contributed by atoms with Gasteiger partial charge in [0.15, 0.2) is 5.82 Å². The fourth-order valence-corrected chi connectivity index (χ4v) is 3.39. The highest BCUT2D eigenvalue weighted by molar-refractivity contribution is 6.13. The van der Waals surface area contributed by atoms with E-state index in [9.17, 15) is 10.1 Å². The summed E-state index contributed by atoms with van der Waals surface area (Å²) in [6, 6.07) is 9.42. The molecule has 7 heteroatoms. The number of H-pyrrole nitrogens is 1. The third kappa shape index (κ3) is 1.20. The van der Waals surface area contributed by atoms with E-state index in [1.807, 2.05) is 31.2 Å². The van der Waals surface area contributed by atoms with Crippen molar-refractivity contribution in [2.45, 2.75) is 12.3 Å². The topological polar surface area (TPSA) is 120 Å². The van der Waals surface area contributed by atoms with Crippen molar-refractivity contribution >= 4 is 17.4 Å². The number of rotatable bonds is 0. The molecule has 22 heavy (non-hydrogen) atoms. The van der Waals surface area contributed by atoms with Gasteiger partial charge in [0.1, 0.15) is 17.3 Å². The number of nitrogens with one attached hydrogen (secondary N) is 3. The molecule has 2 aliphatic heterocycles. The number of anilines is 2. The summed E-state index contributed by atoms with van der Waals surface area (Å²) in [5.41, 5.74) is 7.68. The lowest BCUT2D eigenvalue weighted by atomic mass is 9.68. The second kappa shape index (κ2) is 3.89. The number of aromatic amines is 1. The zero-order valence-corrected chi connectivity index (χ0v) is 11.7. The van der Waals surface area contributed by atoms with Gasteiger partial charge in [0, 0.05) is 22.5 Å². The van der Waals surface area contributed by atoms with E-state index < -0.39 is 5.41 Å². The second-order valence-electron chi connectivity index (χ2n) is 5.35. The van der Waals surface area contributed by atoms with Crippen LogP contribution in [0.5, 0.6) is 0 Å². The van der Waals surface area contributed by atoms with Crippen molar-refractivity contribution in [1.29, 1.82) is 5.26 Å². The molecule has 7 nitrogen and oxygen atoms in total. The molecule has 1 amide bonds. The highest BCUT2D eigenvalue weighted by atomic mass is 16.2. The van der Waals surface area contributed by atoms with Gasteiger partial charge in [-0.15, -0.1) is 0 Å². The highest BCUT2D eigenvalue weighted by Gasteiger charge is 2.57. The fourth-order valence-electron chi connectivity index (χ4n) is 3.39. The number of amides is 1. The van der Waals surface area contributed by atoms with Gasteiger partial charge in [-0.05, 0) is 13.0 Å². The number of aryl methyl sites for hydroxylation is 1. The maximum absolute atomic E-state index is 12.9. The molecule has 3 heterocycles. The molecule has 2 aromatic rings. The average Bonchev–Trinajstić information content (AvgIpc) is 3.00. The SMILES string of the molecule is Cc1[nH]nc2c1C1(C(=O)Nc3ccccc31)C(C#N)=C(N)N2. The van der Waals surface area contributed by atoms with Gasteiger partial charge < -0.3 is 16.4 Å². The molecule has 2 aliphatic rings. The minimum absolute atomic E-state index is 0.147. The van der Waals surface area contributed by atoms with E-state index in [4.69, 9.17) is 5.73 Å². The first-order valence-corrected chi connectivity index (χ1v) is 6.74. The molecule has 0 radical (unpaired) electrons. The lowest BCUT2D eigenvalue weighted by Gasteiger charge is -2.32. The van der Waals surface area contributed by atoms with E-state index in [-0.39, 0.29) is 17.3 Å². The predicted molar refractivity (Wildman–Crippen MR) is 79.6 cm³/mol. The first kappa shape index (κ1) is 12.5. The second-order valence-corrected chi connectivity index (χ2v) is 5.35. The number of fused-ring (bicyclic) bond motifs is 4. The third-order valence-electron chi connectivity index (χ3n) is 4.25. The summed E-state index contributed by atoms with van der Waals surface area (Å²) in [7, 11) is 0. The van der Waals surface area contributed by atoms with Crippen LogP contribution in [0.2, 0.25) is 0 Å². The van der Waals surface area contributed by atoms with Gasteiger partial charge in [-0.2, -0.15) is 10.4 Å². The Labute approximate surface area is 125 Å². The molecule has 1 atom stereocenters. The Morgan fingerprint density at radius 3 is 2.86 bits per heavy atom. The van der Waals surface area contributed by atoms with Crippen LogP contribution in [0.3, 0.4) is 0 Å². The Morgan fingerprint density at radius 1 is 1.32 bits per heavy atom. The number of nitrogens with zero attached hydrogens (tertiary/aromatic N) is 2.